The van der Waals surface area contributed by atoms with Gasteiger partial charge in [0.1, 0.15) is 5.75 Å². The summed E-state index contributed by atoms with van der Waals surface area (Å²) in [5.41, 5.74) is 2.55. The summed E-state index contributed by atoms with van der Waals surface area (Å²) in [6, 6.07) is 13.0. The van der Waals surface area contributed by atoms with Crippen molar-refractivity contribution >= 4 is 23.2 Å². The molecule has 1 aliphatic rings. The molecule has 2 aromatic rings. The van der Waals surface area contributed by atoms with Crippen LogP contribution in [0.1, 0.15) is 35.2 Å². The highest BCUT2D eigenvalue weighted by Gasteiger charge is 2.11. The van der Waals surface area contributed by atoms with Gasteiger partial charge in [-0.25, -0.2) is 0 Å². The minimum absolute atomic E-state index is 0.187. The van der Waals surface area contributed by atoms with Gasteiger partial charge in [-0.05, 0) is 61.8 Å². The third-order valence-electron chi connectivity index (χ3n) is 4.48. The van der Waals surface area contributed by atoms with Gasteiger partial charge in [0.05, 0.1) is 12.1 Å². The first-order valence-electron chi connectivity index (χ1n) is 8.62. The second kappa shape index (κ2) is 8.37. The number of nitrogens with one attached hydrogen (secondary N) is 1. The number of ether oxygens (including phenoxy) is 1. The zero-order valence-electron chi connectivity index (χ0n) is 14.4. The van der Waals surface area contributed by atoms with Crippen LogP contribution in [0.5, 0.6) is 5.75 Å². The Kier molecular flexibility index (Phi) is 5.95. The van der Waals surface area contributed by atoms with Crippen molar-refractivity contribution in [2.75, 3.05) is 25.5 Å². The number of anilines is 1. The molecule has 1 saturated heterocycles. The third-order valence-corrected chi connectivity index (χ3v) is 4.78. The SMILES string of the molecule is COc1ccc(C(=O)Nc2ccc(CN3CCCCC3)cc2)cc1Cl. The van der Waals surface area contributed by atoms with E-state index in [2.05, 4.69) is 22.3 Å². The molecule has 0 radical (unpaired) electrons. The van der Waals surface area contributed by atoms with Gasteiger partial charge in [0.25, 0.3) is 5.91 Å². The smallest absolute Gasteiger partial charge is 0.255 e. The zero-order chi connectivity index (χ0) is 17.6. The minimum atomic E-state index is -0.187. The Bertz CT molecular complexity index is 725. The number of piperidine rings is 1. The molecule has 132 valence electrons. The van der Waals surface area contributed by atoms with E-state index in [1.54, 1.807) is 25.3 Å². The number of hydrogen-bond acceptors (Lipinski definition) is 3. The van der Waals surface area contributed by atoms with E-state index in [9.17, 15) is 4.79 Å². The Morgan fingerprint density at radius 3 is 2.48 bits per heavy atom. The number of halogens is 1. The summed E-state index contributed by atoms with van der Waals surface area (Å²) in [7, 11) is 1.55. The van der Waals surface area contributed by atoms with Crippen LogP contribution in [0.25, 0.3) is 0 Å². The molecule has 1 heterocycles. The van der Waals surface area contributed by atoms with Crippen LogP contribution in [-0.2, 0) is 6.54 Å². The van der Waals surface area contributed by atoms with E-state index in [-0.39, 0.29) is 5.91 Å². The number of methoxy groups -OCH3 is 1. The lowest BCUT2D eigenvalue weighted by atomic mass is 10.1. The fourth-order valence-electron chi connectivity index (χ4n) is 3.08. The van der Waals surface area contributed by atoms with Crippen LogP contribution < -0.4 is 10.1 Å². The van der Waals surface area contributed by atoms with Crippen LogP contribution in [0.3, 0.4) is 0 Å². The number of amides is 1. The topological polar surface area (TPSA) is 41.6 Å². The summed E-state index contributed by atoms with van der Waals surface area (Å²) in [5, 5.41) is 3.32. The highest BCUT2D eigenvalue weighted by atomic mass is 35.5. The molecule has 5 heteroatoms. The van der Waals surface area contributed by atoms with Crippen molar-refractivity contribution in [3.63, 3.8) is 0 Å². The number of carbonyl (C=O) groups is 1. The molecule has 0 aliphatic carbocycles. The summed E-state index contributed by atoms with van der Waals surface area (Å²) in [6.45, 7) is 3.33. The predicted octanol–water partition coefficient (Wildman–Crippen LogP) is 4.59. The van der Waals surface area contributed by atoms with Gasteiger partial charge in [0, 0.05) is 17.8 Å². The normalized spacial score (nSPS) is 15.0. The molecule has 2 aromatic carbocycles. The molecular weight excluding hydrogens is 336 g/mol. The Morgan fingerprint density at radius 2 is 1.84 bits per heavy atom. The standard InChI is InChI=1S/C20H23ClN2O2/c1-25-19-10-7-16(13-18(19)21)20(24)22-17-8-5-15(6-9-17)14-23-11-3-2-4-12-23/h5-10,13H,2-4,11-12,14H2,1H3,(H,22,24). The van der Waals surface area contributed by atoms with E-state index in [1.807, 2.05) is 12.1 Å². The quantitative estimate of drug-likeness (QED) is 0.850. The van der Waals surface area contributed by atoms with Crippen molar-refractivity contribution in [3.05, 3.63) is 58.6 Å². The maximum Gasteiger partial charge on any atom is 0.255 e. The van der Waals surface area contributed by atoms with Crippen molar-refractivity contribution in [1.82, 2.24) is 4.90 Å². The van der Waals surface area contributed by atoms with Gasteiger partial charge in [-0.1, -0.05) is 30.2 Å². The predicted molar refractivity (Wildman–Crippen MR) is 102 cm³/mol. The summed E-state index contributed by atoms with van der Waals surface area (Å²) in [5.74, 6) is 0.369. The molecule has 0 bridgehead atoms. The van der Waals surface area contributed by atoms with Gasteiger partial charge >= 0.3 is 0 Å². The lowest BCUT2D eigenvalue weighted by molar-refractivity contribution is 0.102. The number of rotatable bonds is 5. The fraction of sp³-hybridized carbons (Fsp3) is 0.350. The van der Waals surface area contributed by atoms with Crippen molar-refractivity contribution in [2.45, 2.75) is 25.8 Å². The van der Waals surface area contributed by atoms with Crippen molar-refractivity contribution in [1.29, 1.82) is 0 Å². The van der Waals surface area contributed by atoms with Gasteiger partial charge in [-0.2, -0.15) is 0 Å². The molecule has 1 fully saturated rings. The van der Waals surface area contributed by atoms with Crippen LogP contribution in [0, 0.1) is 0 Å². The summed E-state index contributed by atoms with van der Waals surface area (Å²) in [6.07, 6.45) is 3.92. The van der Waals surface area contributed by atoms with E-state index < -0.39 is 0 Å². The number of benzene rings is 2. The average molecular weight is 359 g/mol. The van der Waals surface area contributed by atoms with Crippen molar-refractivity contribution < 1.29 is 9.53 Å². The molecule has 1 amide bonds. The van der Waals surface area contributed by atoms with Gasteiger partial charge < -0.3 is 10.1 Å². The Balaban J connectivity index is 1.60. The molecule has 4 nitrogen and oxygen atoms in total. The van der Waals surface area contributed by atoms with Crippen LogP contribution in [0.2, 0.25) is 5.02 Å². The molecule has 0 saturated carbocycles. The number of likely N-dealkylation sites (tertiary alicyclic amines) is 1. The Labute approximate surface area is 153 Å². The summed E-state index contributed by atoms with van der Waals surface area (Å²) >= 11 is 6.08. The van der Waals surface area contributed by atoms with Crippen LogP contribution in [0.15, 0.2) is 42.5 Å². The molecule has 0 atom stereocenters. The maximum atomic E-state index is 12.3. The molecule has 1 aliphatic heterocycles. The second-order valence-corrected chi connectivity index (χ2v) is 6.74. The average Bonchev–Trinajstić information content (AvgIpc) is 2.64. The fourth-order valence-corrected chi connectivity index (χ4v) is 3.34. The van der Waals surface area contributed by atoms with Crippen LogP contribution in [0.4, 0.5) is 5.69 Å². The maximum absolute atomic E-state index is 12.3. The lowest BCUT2D eigenvalue weighted by Crippen LogP contribution is -2.29. The first-order valence-corrected chi connectivity index (χ1v) is 9.00. The van der Waals surface area contributed by atoms with E-state index >= 15 is 0 Å². The Hall–Kier alpha value is -2.04. The minimum Gasteiger partial charge on any atom is -0.495 e. The zero-order valence-corrected chi connectivity index (χ0v) is 15.2. The molecular formula is C20H23ClN2O2. The number of hydrogen-bond donors (Lipinski definition) is 1. The molecule has 0 unspecified atom stereocenters. The molecule has 25 heavy (non-hydrogen) atoms. The van der Waals surface area contributed by atoms with E-state index in [4.69, 9.17) is 16.3 Å². The monoisotopic (exact) mass is 358 g/mol. The van der Waals surface area contributed by atoms with E-state index in [0.717, 1.165) is 12.2 Å². The van der Waals surface area contributed by atoms with Gasteiger partial charge in [-0.15, -0.1) is 0 Å². The van der Waals surface area contributed by atoms with Gasteiger partial charge in [-0.3, -0.25) is 9.69 Å². The number of carbonyl (C=O) groups excluding carboxylic acids is 1. The van der Waals surface area contributed by atoms with Gasteiger partial charge in [0.15, 0.2) is 0 Å². The number of nitrogens with zero attached hydrogens (tertiary/aromatic N) is 1. The van der Waals surface area contributed by atoms with Crippen LogP contribution >= 0.6 is 11.6 Å². The highest BCUT2D eigenvalue weighted by Crippen LogP contribution is 2.25. The lowest BCUT2D eigenvalue weighted by Gasteiger charge is -2.26. The van der Waals surface area contributed by atoms with Crippen molar-refractivity contribution in [3.8, 4) is 5.75 Å². The highest BCUT2D eigenvalue weighted by molar-refractivity contribution is 6.32. The Morgan fingerprint density at radius 1 is 1.12 bits per heavy atom. The van der Waals surface area contributed by atoms with Crippen LogP contribution in [-0.4, -0.2) is 31.0 Å². The summed E-state index contributed by atoms with van der Waals surface area (Å²) < 4.78 is 5.11. The second-order valence-electron chi connectivity index (χ2n) is 6.34. The molecule has 0 spiro atoms. The molecule has 3 rings (SSSR count). The largest absolute Gasteiger partial charge is 0.495 e. The third kappa shape index (κ3) is 4.74. The first-order chi connectivity index (χ1) is 12.2. The van der Waals surface area contributed by atoms with E-state index in [1.165, 1.54) is 37.9 Å². The van der Waals surface area contributed by atoms with Gasteiger partial charge in [0.2, 0.25) is 0 Å². The van der Waals surface area contributed by atoms with E-state index in [0.29, 0.717) is 16.3 Å². The van der Waals surface area contributed by atoms with Crippen molar-refractivity contribution in [2.24, 2.45) is 0 Å². The molecule has 0 aromatic heterocycles. The molecule has 1 N–H and O–H groups in total. The first kappa shape index (κ1) is 17.8. The summed E-state index contributed by atoms with van der Waals surface area (Å²) in [4.78, 5) is 14.8.